The summed E-state index contributed by atoms with van der Waals surface area (Å²) in [4.78, 5) is 23.2. The van der Waals surface area contributed by atoms with Gasteiger partial charge in [-0.15, -0.1) is 11.3 Å². The van der Waals surface area contributed by atoms with Gasteiger partial charge in [0.1, 0.15) is 16.4 Å². The summed E-state index contributed by atoms with van der Waals surface area (Å²) < 4.78 is 17.5. The number of likely N-dealkylation sites (tertiary alicyclic amines) is 1. The Morgan fingerprint density at radius 3 is 2.45 bits per heavy atom. The van der Waals surface area contributed by atoms with Gasteiger partial charge in [-0.2, -0.15) is 0 Å². The van der Waals surface area contributed by atoms with Crippen molar-refractivity contribution in [3.05, 3.63) is 58.1 Å². The second kappa shape index (κ2) is 12.0. The van der Waals surface area contributed by atoms with Crippen LogP contribution < -0.4 is 4.74 Å². The molecule has 8 heteroatoms. The molecule has 2 atom stereocenters. The van der Waals surface area contributed by atoms with E-state index in [0.717, 1.165) is 83.5 Å². The van der Waals surface area contributed by atoms with Crippen LogP contribution in [0.4, 0.5) is 4.79 Å². The number of rotatable bonds is 7. The van der Waals surface area contributed by atoms with Gasteiger partial charge in [0.15, 0.2) is 0 Å². The van der Waals surface area contributed by atoms with Crippen molar-refractivity contribution >= 4 is 17.4 Å². The SMILES string of the molecule is Cc1c(OCCCN2CC3COCC3C2)cccc1-c1cccc(-c2nc3c(s2)CN(C(=O)OC(C)(C)C)CC3)c1C. The molecule has 2 aromatic carbocycles. The van der Waals surface area contributed by atoms with Crippen LogP contribution in [0.3, 0.4) is 0 Å². The first-order valence-electron chi connectivity index (χ1n) is 15.3. The lowest BCUT2D eigenvalue weighted by atomic mass is 9.93. The number of aromatic nitrogens is 1. The van der Waals surface area contributed by atoms with Gasteiger partial charge < -0.3 is 24.0 Å². The Labute approximate surface area is 253 Å². The minimum absolute atomic E-state index is 0.257. The van der Waals surface area contributed by atoms with Crippen molar-refractivity contribution in [2.24, 2.45) is 11.8 Å². The van der Waals surface area contributed by atoms with Gasteiger partial charge in [-0.3, -0.25) is 0 Å². The number of ether oxygens (including phenoxy) is 3. The monoisotopic (exact) mass is 589 g/mol. The molecule has 0 saturated carbocycles. The molecular weight excluding hydrogens is 546 g/mol. The highest BCUT2D eigenvalue weighted by atomic mass is 32.1. The largest absolute Gasteiger partial charge is 0.493 e. The third kappa shape index (κ3) is 6.21. The smallest absolute Gasteiger partial charge is 0.410 e. The van der Waals surface area contributed by atoms with E-state index >= 15 is 0 Å². The van der Waals surface area contributed by atoms with E-state index in [1.165, 1.54) is 29.8 Å². The number of amides is 1. The molecule has 4 heterocycles. The van der Waals surface area contributed by atoms with Crippen LogP contribution in [0.2, 0.25) is 0 Å². The predicted octanol–water partition coefficient (Wildman–Crippen LogP) is 6.73. The Hall–Kier alpha value is -2.94. The number of carbonyl (C=O) groups excluding carboxylic acids is 1. The van der Waals surface area contributed by atoms with Crippen LogP contribution in [0.5, 0.6) is 5.75 Å². The summed E-state index contributed by atoms with van der Waals surface area (Å²) in [5.41, 5.74) is 6.49. The molecule has 0 bridgehead atoms. The lowest BCUT2D eigenvalue weighted by Crippen LogP contribution is -2.39. The lowest BCUT2D eigenvalue weighted by molar-refractivity contribution is 0.0225. The van der Waals surface area contributed by atoms with Crippen LogP contribution in [-0.4, -0.2) is 72.5 Å². The molecule has 0 spiro atoms. The number of hydrogen-bond acceptors (Lipinski definition) is 7. The van der Waals surface area contributed by atoms with Crippen molar-refractivity contribution in [1.82, 2.24) is 14.8 Å². The summed E-state index contributed by atoms with van der Waals surface area (Å²) in [6, 6.07) is 12.8. The maximum Gasteiger partial charge on any atom is 0.410 e. The third-order valence-electron chi connectivity index (χ3n) is 8.71. The van der Waals surface area contributed by atoms with Gasteiger partial charge in [0.2, 0.25) is 0 Å². The van der Waals surface area contributed by atoms with E-state index in [1.54, 1.807) is 16.2 Å². The second-order valence-corrected chi connectivity index (χ2v) is 14.1. The summed E-state index contributed by atoms with van der Waals surface area (Å²) in [7, 11) is 0. The van der Waals surface area contributed by atoms with Crippen LogP contribution in [-0.2, 0) is 22.4 Å². The Kier molecular flexibility index (Phi) is 8.31. The van der Waals surface area contributed by atoms with E-state index in [2.05, 4.69) is 55.1 Å². The van der Waals surface area contributed by atoms with Gasteiger partial charge in [0.05, 0.1) is 32.1 Å². The fourth-order valence-electron chi connectivity index (χ4n) is 6.45. The minimum atomic E-state index is -0.503. The predicted molar refractivity (Wildman–Crippen MR) is 167 cm³/mol. The normalized spacial score (nSPS) is 20.5. The molecular formula is C34H43N3O4S. The molecule has 0 radical (unpaired) electrons. The summed E-state index contributed by atoms with van der Waals surface area (Å²) in [5.74, 6) is 2.41. The van der Waals surface area contributed by atoms with Crippen molar-refractivity contribution in [2.75, 3.05) is 46.0 Å². The van der Waals surface area contributed by atoms with Crippen LogP contribution in [0.25, 0.3) is 21.7 Å². The maximum absolute atomic E-state index is 12.7. The molecule has 2 unspecified atom stereocenters. The highest BCUT2D eigenvalue weighted by Crippen LogP contribution is 2.39. The van der Waals surface area contributed by atoms with Crippen molar-refractivity contribution < 1.29 is 19.0 Å². The Bertz CT molecular complexity index is 1430. The number of nitrogens with zero attached hydrogens (tertiary/aromatic N) is 3. The zero-order valence-corrected chi connectivity index (χ0v) is 26.4. The van der Waals surface area contributed by atoms with Crippen LogP contribution in [0, 0.1) is 25.7 Å². The summed E-state index contributed by atoms with van der Waals surface area (Å²) in [6.07, 6.45) is 1.51. The average Bonchev–Trinajstić information content (AvgIpc) is 3.66. The highest BCUT2D eigenvalue weighted by Gasteiger charge is 2.36. The first-order valence-corrected chi connectivity index (χ1v) is 16.1. The minimum Gasteiger partial charge on any atom is -0.493 e. The van der Waals surface area contributed by atoms with Crippen molar-refractivity contribution in [3.63, 3.8) is 0 Å². The molecule has 1 amide bonds. The Morgan fingerprint density at radius 1 is 1.02 bits per heavy atom. The summed E-state index contributed by atoms with van der Waals surface area (Å²) in [5, 5.41) is 1.01. The van der Waals surface area contributed by atoms with E-state index in [-0.39, 0.29) is 6.09 Å². The van der Waals surface area contributed by atoms with E-state index in [4.69, 9.17) is 19.2 Å². The molecule has 2 saturated heterocycles. The van der Waals surface area contributed by atoms with E-state index in [0.29, 0.717) is 13.1 Å². The van der Waals surface area contributed by atoms with E-state index in [9.17, 15) is 4.79 Å². The molecule has 42 heavy (non-hydrogen) atoms. The summed E-state index contributed by atoms with van der Waals surface area (Å²) in [6.45, 7) is 17.2. The number of hydrogen-bond donors (Lipinski definition) is 0. The molecule has 3 aromatic rings. The van der Waals surface area contributed by atoms with Crippen molar-refractivity contribution in [1.29, 1.82) is 0 Å². The molecule has 0 N–H and O–H groups in total. The fraction of sp³-hybridized carbons (Fsp3) is 0.529. The standard InChI is InChI=1S/C34H43N3O4S/c1-22-26(27-10-7-12-30(23(27)2)40-16-8-14-36-17-24-20-39-21-25(24)18-36)9-6-11-28(22)32-35-29-13-15-37(19-31(29)42-32)33(38)41-34(3,4)5/h6-7,9-12,24-25H,8,13-21H2,1-5H3. The molecule has 0 aliphatic carbocycles. The third-order valence-corrected chi connectivity index (χ3v) is 9.83. The number of carbonyl (C=O) groups is 1. The van der Waals surface area contributed by atoms with Gasteiger partial charge in [0, 0.05) is 54.9 Å². The second-order valence-electron chi connectivity index (χ2n) is 13.0. The first kappa shape index (κ1) is 29.1. The summed E-state index contributed by atoms with van der Waals surface area (Å²) >= 11 is 1.69. The zero-order chi connectivity index (χ0) is 29.4. The van der Waals surface area contributed by atoms with Crippen LogP contribution >= 0.6 is 11.3 Å². The highest BCUT2D eigenvalue weighted by molar-refractivity contribution is 7.15. The van der Waals surface area contributed by atoms with Gasteiger partial charge in [-0.05, 0) is 69.4 Å². The van der Waals surface area contributed by atoms with Gasteiger partial charge in [-0.1, -0.05) is 30.3 Å². The fourth-order valence-corrected chi connectivity index (χ4v) is 7.66. The first-order chi connectivity index (χ1) is 20.2. The van der Waals surface area contributed by atoms with Crippen LogP contribution in [0.1, 0.15) is 48.9 Å². The Balaban J connectivity index is 1.13. The number of thiazole rings is 1. The number of benzene rings is 2. The molecule has 2 fully saturated rings. The van der Waals surface area contributed by atoms with Crippen molar-refractivity contribution in [2.45, 2.75) is 59.6 Å². The zero-order valence-electron chi connectivity index (χ0n) is 25.6. The van der Waals surface area contributed by atoms with Gasteiger partial charge >= 0.3 is 6.09 Å². The van der Waals surface area contributed by atoms with Gasteiger partial charge in [0.25, 0.3) is 0 Å². The van der Waals surface area contributed by atoms with Gasteiger partial charge in [-0.25, -0.2) is 9.78 Å². The lowest BCUT2D eigenvalue weighted by Gasteiger charge is -2.29. The molecule has 7 nitrogen and oxygen atoms in total. The van der Waals surface area contributed by atoms with Crippen molar-refractivity contribution in [3.8, 4) is 27.4 Å². The van der Waals surface area contributed by atoms with Crippen LogP contribution in [0.15, 0.2) is 36.4 Å². The van der Waals surface area contributed by atoms with E-state index < -0.39 is 5.60 Å². The quantitative estimate of drug-likeness (QED) is 0.285. The average molecular weight is 590 g/mol. The molecule has 3 aliphatic rings. The molecule has 6 rings (SSSR count). The van der Waals surface area contributed by atoms with E-state index in [1.807, 2.05) is 20.8 Å². The topological polar surface area (TPSA) is 64.1 Å². The maximum atomic E-state index is 12.7. The number of fused-ring (bicyclic) bond motifs is 2. The molecule has 1 aromatic heterocycles. The Morgan fingerprint density at radius 2 is 1.71 bits per heavy atom. The molecule has 3 aliphatic heterocycles. The molecule has 224 valence electrons.